The lowest BCUT2D eigenvalue weighted by molar-refractivity contribution is 0.102. The van der Waals surface area contributed by atoms with Gasteiger partial charge in [0.05, 0.1) is 12.2 Å². The van der Waals surface area contributed by atoms with Crippen LogP contribution in [-0.2, 0) is 13.2 Å². The van der Waals surface area contributed by atoms with Crippen molar-refractivity contribution in [3.8, 4) is 11.5 Å². The predicted octanol–water partition coefficient (Wildman–Crippen LogP) is 3.33. The van der Waals surface area contributed by atoms with Gasteiger partial charge in [0.2, 0.25) is 6.79 Å². The third-order valence-electron chi connectivity index (χ3n) is 6.62. The Hall–Kier alpha value is -3.88. The molecule has 1 saturated heterocycles. The summed E-state index contributed by atoms with van der Waals surface area (Å²) >= 11 is 0. The van der Waals surface area contributed by atoms with E-state index in [4.69, 9.17) is 13.9 Å². The van der Waals surface area contributed by atoms with Gasteiger partial charge in [0, 0.05) is 43.9 Å². The van der Waals surface area contributed by atoms with Crippen molar-refractivity contribution in [1.82, 2.24) is 14.4 Å². The van der Waals surface area contributed by atoms with Crippen LogP contribution in [-0.4, -0.2) is 53.1 Å². The molecule has 8 nitrogen and oxygen atoms in total. The summed E-state index contributed by atoms with van der Waals surface area (Å²) in [4.78, 5) is 30.0. The van der Waals surface area contributed by atoms with Crippen LogP contribution < -0.4 is 15.2 Å². The molecule has 3 heterocycles. The third-order valence-corrected chi connectivity index (χ3v) is 6.62. The molecule has 6 rings (SSSR count). The number of hydrogen-bond donors (Lipinski definition) is 0. The second kappa shape index (κ2) is 9.05. The van der Waals surface area contributed by atoms with Crippen LogP contribution >= 0.6 is 0 Å². The number of hydrogen-bond acceptors (Lipinski definition) is 7. The largest absolute Gasteiger partial charge is 0.454 e. The summed E-state index contributed by atoms with van der Waals surface area (Å²) in [6.45, 7) is 5.06. The van der Waals surface area contributed by atoms with Gasteiger partial charge >= 0.3 is 5.76 Å². The monoisotopic (exact) mass is 471 g/mol. The molecule has 0 spiro atoms. The number of ether oxygens (including phenoxy) is 2. The van der Waals surface area contributed by atoms with Crippen LogP contribution in [0.25, 0.3) is 11.1 Å². The lowest BCUT2D eigenvalue weighted by Crippen LogP contribution is -2.47. The van der Waals surface area contributed by atoms with Crippen molar-refractivity contribution in [1.29, 1.82) is 0 Å². The van der Waals surface area contributed by atoms with Gasteiger partial charge in [-0.05, 0) is 35.9 Å². The Labute approximate surface area is 201 Å². The normalized spacial score (nSPS) is 16.1. The lowest BCUT2D eigenvalue weighted by atomic mass is 10.0. The number of rotatable bonds is 6. The van der Waals surface area contributed by atoms with Gasteiger partial charge in [-0.15, -0.1) is 0 Å². The van der Waals surface area contributed by atoms with Crippen molar-refractivity contribution in [3.63, 3.8) is 0 Å². The van der Waals surface area contributed by atoms with Crippen LogP contribution in [0.15, 0.2) is 75.9 Å². The maximum absolute atomic E-state index is 12.8. The SMILES string of the molecule is O=C(c1ccccc1)c1ccc2c(c1)oc(=O)n2CN1CCN(Cc2ccc3c(c2)OCO3)CC1. The molecule has 4 aromatic rings. The molecule has 178 valence electrons. The first kappa shape index (κ1) is 21.6. The van der Waals surface area contributed by atoms with E-state index in [2.05, 4.69) is 15.9 Å². The molecular weight excluding hydrogens is 446 g/mol. The summed E-state index contributed by atoms with van der Waals surface area (Å²) < 4.78 is 18.0. The Bertz CT molecular complexity index is 1430. The summed E-state index contributed by atoms with van der Waals surface area (Å²) in [6, 6.07) is 20.4. The van der Waals surface area contributed by atoms with Crippen molar-refractivity contribution >= 4 is 16.9 Å². The minimum absolute atomic E-state index is 0.0959. The summed E-state index contributed by atoms with van der Waals surface area (Å²) in [5.74, 6) is 1.10. The number of carbonyl (C=O) groups is 1. The van der Waals surface area contributed by atoms with Gasteiger partial charge in [-0.2, -0.15) is 0 Å². The summed E-state index contributed by atoms with van der Waals surface area (Å²) in [6.07, 6.45) is 0. The number of ketones is 1. The molecule has 0 saturated carbocycles. The molecule has 2 aliphatic heterocycles. The third kappa shape index (κ3) is 4.34. The maximum Gasteiger partial charge on any atom is 0.421 e. The van der Waals surface area contributed by atoms with E-state index in [1.54, 1.807) is 34.9 Å². The Balaban J connectivity index is 1.11. The zero-order valence-electron chi connectivity index (χ0n) is 19.2. The van der Waals surface area contributed by atoms with Gasteiger partial charge in [0.1, 0.15) is 0 Å². The highest BCUT2D eigenvalue weighted by Gasteiger charge is 2.21. The predicted molar refractivity (Wildman–Crippen MR) is 130 cm³/mol. The molecule has 0 bridgehead atoms. The van der Waals surface area contributed by atoms with Crippen LogP contribution in [0.5, 0.6) is 11.5 Å². The minimum Gasteiger partial charge on any atom is -0.454 e. The zero-order valence-corrected chi connectivity index (χ0v) is 19.2. The van der Waals surface area contributed by atoms with Gasteiger partial charge in [-0.25, -0.2) is 4.79 Å². The van der Waals surface area contributed by atoms with Crippen LogP contribution in [0.4, 0.5) is 0 Å². The van der Waals surface area contributed by atoms with E-state index >= 15 is 0 Å². The first-order valence-corrected chi connectivity index (χ1v) is 11.7. The summed E-state index contributed by atoms with van der Waals surface area (Å²) in [5, 5.41) is 0. The quantitative estimate of drug-likeness (QED) is 0.399. The van der Waals surface area contributed by atoms with Crippen LogP contribution in [0.1, 0.15) is 21.5 Å². The molecule has 0 radical (unpaired) electrons. The number of carbonyl (C=O) groups excluding carboxylic acids is 1. The second-order valence-corrected chi connectivity index (χ2v) is 8.90. The van der Waals surface area contributed by atoms with Crippen molar-refractivity contribution < 1.29 is 18.7 Å². The molecule has 0 amide bonds. The second-order valence-electron chi connectivity index (χ2n) is 8.90. The molecule has 1 fully saturated rings. The van der Waals surface area contributed by atoms with E-state index in [1.165, 1.54) is 5.56 Å². The number of benzene rings is 3. The fraction of sp³-hybridized carbons (Fsp3) is 0.259. The van der Waals surface area contributed by atoms with E-state index < -0.39 is 5.76 Å². The van der Waals surface area contributed by atoms with Gasteiger partial charge in [-0.1, -0.05) is 36.4 Å². The Morgan fingerprint density at radius 3 is 2.40 bits per heavy atom. The highest BCUT2D eigenvalue weighted by molar-refractivity contribution is 6.10. The van der Waals surface area contributed by atoms with E-state index in [0.29, 0.717) is 28.9 Å². The van der Waals surface area contributed by atoms with Crippen molar-refractivity contribution in [2.75, 3.05) is 33.0 Å². The first-order valence-electron chi connectivity index (χ1n) is 11.7. The Morgan fingerprint density at radius 2 is 1.57 bits per heavy atom. The van der Waals surface area contributed by atoms with Crippen LogP contribution in [0, 0.1) is 0 Å². The average molecular weight is 472 g/mol. The van der Waals surface area contributed by atoms with E-state index in [0.717, 1.165) is 44.2 Å². The zero-order chi connectivity index (χ0) is 23.8. The number of aromatic nitrogens is 1. The molecular formula is C27H25N3O5. The Morgan fingerprint density at radius 1 is 0.800 bits per heavy atom. The van der Waals surface area contributed by atoms with Gasteiger partial charge in [0.15, 0.2) is 22.9 Å². The highest BCUT2D eigenvalue weighted by atomic mass is 16.7. The first-order chi connectivity index (χ1) is 17.1. The minimum atomic E-state index is -0.410. The molecule has 0 atom stereocenters. The smallest absolute Gasteiger partial charge is 0.421 e. The van der Waals surface area contributed by atoms with Crippen LogP contribution in [0.3, 0.4) is 0 Å². The molecule has 3 aromatic carbocycles. The van der Waals surface area contributed by atoms with Gasteiger partial charge in [0.25, 0.3) is 0 Å². The number of oxazole rings is 1. The fourth-order valence-corrected chi connectivity index (χ4v) is 4.68. The van der Waals surface area contributed by atoms with E-state index in [9.17, 15) is 9.59 Å². The van der Waals surface area contributed by atoms with E-state index in [1.807, 2.05) is 30.3 Å². The fourth-order valence-electron chi connectivity index (χ4n) is 4.68. The topological polar surface area (TPSA) is 77.2 Å². The number of piperazine rings is 1. The lowest BCUT2D eigenvalue weighted by Gasteiger charge is -2.34. The maximum atomic E-state index is 12.8. The molecule has 0 unspecified atom stereocenters. The molecule has 0 N–H and O–H groups in total. The molecule has 2 aliphatic rings. The number of nitrogens with zero attached hydrogens (tertiary/aromatic N) is 3. The van der Waals surface area contributed by atoms with Crippen LogP contribution in [0.2, 0.25) is 0 Å². The average Bonchev–Trinajstić information content (AvgIpc) is 3.48. The molecule has 8 heteroatoms. The Kier molecular flexibility index (Phi) is 5.60. The number of fused-ring (bicyclic) bond motifs is 2. The summed E-state index contributed by atoms with van der Waals surface area (Å²) in [7, 11) is 0. The standard InChI is InChI=1S/C27H25N3O5/c31-26(20-4-2-1-3-5-20)21-7-8-22-24(15-21)35-27(32)30(22)17-29-12-10-28(11-13-29)16-19-6-9-23-25(14-19)34-18-33-23/h1-9,14-15H,10-13,16-18H2. The van der Waals surface area contributed by atoms with Crippen molar-refractivity contribution in [2.45, 2.75) is 13.2 Å². The van der Waals surface area contributed by atoms with E-state index in [-0.39, 0.29) is 12.6 Å². The highest BCUT2D eigenvalue weighted by Crippen LogP contribution is 2.32. The molecule has 1 aromatic heterocycles. The van der Waals surface area contributed by atoms with Gasteiger partial charge < -0.3 is 13.9 Å². The van der Waals surface area contributed by atoms with Gasteiger partial charge in [-0.3, -0.25) is 19.2 Å². The van der Waals surface area contributed by atoms with Crippen molar-refractivity contribution in [3.05, 3.63) is 94.0 Å². The van der Waals surface area contributed by atoms with Crippen molar-refractivity contribution in [2.24, 2.45) is 0 Å². The summed E-state index contributed by atoms with van der Waals surface area (Å²) in [5.41, 5.74) is 3.43. The molecule has 0 aliphatic carbocycles. The molecule has 35 heavy (non-hydrogen) atoms.